The van der Waals surface area contributed by atoms with E-state index in [0.29, 0.717) is 19.4 Å². The lowest BCUT2D eigenvalue weighted by Gasteiger charge is -2.19. The molecule has 0 spiro atoms. The molecule has 1 amide bonds. The van der Waals surface area contributed by atoms with Gasteiger partial charge in [0.15, 0.2) is 0 Å². The largest absolute Gasteiger partial charge is 0.480 e. The van der Waals surface area contributed by atoms with E-state index in [9.17, 15) is 9.59 Å². The molecule has 2 N–H and O–H groups in total. The molecule has 0 bridgehead atoms. The number of nitrogens with zero attached hydrogens (tertiary/aromatic N) is 4. The van der Waals surface area contributed by atoms with Gasteiger partial charge < -0.3 is 9.84 Å². The summed E-state index contributed by atoms with van der Waals surface area (Å²) in [6.07, 6.45) is 0.293. The molecule has 1 aliphatic heterocycles. The summed E-state index contributed by atoms with van der Waals surface area (Å²) in [6, 6.07) is -1.06. The number of tetrazole rings is 1. The van der Waals surface area contributed by atoms with E-state index < -0.39 is 18.1 Å². The monoisotopic (exact) mass is 227 g/mol. The van der Waals surface area contributed by atoms with Crippen molar-refractivity contribution in [2.24, 2.45) is 0 Å². The Bertz CT molecular complexity index is 391. The lowest BCUT2D eigenvalue weighted by molar-refractivity contribution is -0.141. The first-order chi connectivity index (χ1) is 7.68. The molecule has 0 radical (unpaired) electrons. The molecule has 1 saturated heterocycles. The smallest absolute Gasteiger partial charge is 0.418 e. The van der Waals surface area contributed by atoms with Crippen molar-refractivity contribution in [1.82, 2.24) is 25.5 Å². The number of likely N-dealkylation sites (tertiary alicyclic amines) is 1. The number of carboxylic acids is 1. The average Bonchev–Trinajstić information content (AvgIpc) is 2.86. The van der Waals surface area contributed by atoms with Crippen molar-refractivity contribution in [3.05, 3.63) is 0 Å². The SMILES string of the molecule is O=C(O)C1CCCN1C(=O)Oc1nn[nH]n1. The topological polar surface area (TPSA) is 121 Å². The highest BCUT2D eigenvalue weighted by Gasteiger charge is 2.35. The summed E-state index contributed by atoms with van der Waals surface area (Å²) in [4.78, 5) is 23.5. The summed E-state index contributed by atoms with van der Waals surface area (Å²) in [5.41, 5.74) is 0. The number of ether oxygens (including phenoxy) is 1. The Morgan fingerprint density at radius 1 is 1.56 bits per heavy atom. The summed E-state index contributed by atoms with van der Waals surface area (Å²) < 4.78 is 4.73. The van der Waals surface area contributed by atoms with Gasteiger partial charge in [0, 0.05) is 6.54 Å². The molecule has 1 unspecified atom stereocenters. The Hall–Kier alpha value is -2.19. The lowest BCUT2D eigenvalue weighted by atomic mass is 10.2. The number of aliphatic carboxylic acids is 1. The van der Waals surface area contributed by atoms with Gasteiger partial charge in [0.05, 0.1) is 0 Å². The number of nitrogens with one attached hydrogen (secondary N) is 1. The van der Waals surface area contributed by atoms with Crippen LogP contribution in [0.1, 0.15) is 12.8 Å². The fourth-order valence-corrected chi connectivity index (χ4v) is 1.57. The number of hydrogen-bond acceptors (Lipinski definition) is 6. The Morgan fingerprint density at radius 3 is 3.00 bits per heavy atom. The zero-order valence-electron chi connectivity index (χ0n) is 8.16. The minimum atomic E-state index is -1.04. The number of aromatic amines is 1. The van der Waals surface area contributed by atoms with Crippen molar-refractivity contribution >= 4 is 12.1 Å². The lowest BCUT2D eigenvalue weighted by Crippen LogP contribution is -2.42. The minimum absolute atomic E-state index is 0.221. The molecule has 16 heavy (non-hydrogen) atoms. The summed E-state index contributed by atoms with van der Waals surface area (Å²) in [5.74, 6) is -1.04. The molecule has 1 aliphatic rings. The second-order valence-corrected chi connectivity index (χ2v) is 3.25. The molecule has 1 aromatic heterocycles. The summed E-state index contributed by atoms with van der Waals surface area (Å²) in [6.45, 7) is 0.355. The predicted molar refractivity (Wildman–Crippen MR) is 47.6 cm³/mol. The van der Waals surface area contributed by atoms with Crippen LogP contribution in [-0.4, -0.2) is 55.3 Å². The number of rotatable bonds is 2. The van der Waals surface area contributed by atoms with E-state index in [0.717, 1.165) is 4.90 Å². The summed E-state index contributed by atoms with van der Waals surface area (Å²) in [5, 5.41) is 21.1. The Kier molecular flexibility index (Phi) is 2.66. The van der Waals surface area contributed by atoms with Crippen molar-refractivity contribution in [1.29, 1.82) is 0 Å². The van der Waals surface area contributed by atoms with E-state index in [1.807, 2.05) is 0 Å². The molecule has 2 heterocycles. The Balaban J connectivity index is 2.01. The fourth-order valence-electron chi connectivity index (χ4n) is 1.57. The second-order valence-electron chi connectivity index (χ2n) is 3.25. The van der Waals surface area contributed by atoms with E-state index in [2.05, 4.69) is 20.6 Å². The number of hydrogen-bond donors (Lipinski definition) is 2. The molecular formula is C7H9N5O4. The Morgan fingerprint density at radius 2 is 2.38 bits per heavy atom. The summed E-state index contributed by atoms with van der Waals surface area (Å²) >= 11 is 0. The van der Waals surface area contributed by atoms with Crippen molar-refractivity contribution in [2.75, 3.05) is 6.54 Å². The summed E-state index contributed by atoms with van der Waals surface area (Å²) in [7, 11) is 0. The van der Waals surface area contributed by atoms with E-state index >= 15 is 0 Å². The van der Waals surface area contributed by atoms with Crippen molar-refractivity contribution in [3.8, 4) is 6.01 Å². The van der Waals surface area contributed by atoms with Crippen LogP contribution < -0.4 is 4.74 Å². The van der Waals surface area contributed by atoms with E-state index in [1.54, 1.807) is 0 Å². The molecule has 86 valence electrons. The van der Waals surface area contributed by atoms with Gasteiger partial charge in [-0.25, -0.2) is 9.59 Å². The first-order valence-electron chi connectivity index (χ1n) is 4.63. The van der Waals surface area contributed by atoms with Crippen LogP contribution in [0.15, 0.2) is 0 Å². The number of amides is 1. The molecule has 0 saturated carbocycles. The third-order valence-electron chi connectivity index (χ3n) is 2.28. The second kappa shape index (κ2) is 4.13. The normalized spacial score (nSPS) is 19.8. The van der Waals surface area contributed by atoms with E-state index in [1.165, 1.54) is 0 Å². The van der Waals surface area contributed by atoms with Gasteiger partial charge in [-0.1, -0.05) is 10.2 Å². The van der Waals surface area contributed by atoms with Crippen LogP contribution in [0, 0.1) is 0 Å². The highest BCUT2D eigenvalue weighted by molar-refractivity contribution is 5.81. The number of carbonyl (C=O) groups excluding carboxylic acids is 1. The third-order valence-corrected chi connectivity index (χ3v) is 2.28. The van der Waals surface area contributed by atoms with E-state index in [-0.39, 0.29) is 6.01 Å². The van der Waals surface area contributed by atoms with Gasteiger partial charge in [-0.05, 0) is 18.1 Å². The highest BCUT2D eigenvalue weighted by Crippen LogP contribution is 2.18. The fraction of sp³-hybridized carbons (Fsp3) is 0.571. The minimum Gasteiger partial charge on any atom is -0.480 e. The number of aromatic nitrogens is 4. The molecule has 9 heteroatoms. The van der Waals surface area contributed by atoms with Gasteiger partial charge >= 0.3 is 18.1 Å². The van der Waals surface area contributed by atoms with Gasteiger partial charge in [0.1, 0.15) is 6.04 Å². The Labute approximate surface area is 89.4 Å². The molecule has 2 rings (SSSR count). The van der Waals surface area contributed by atoms with Gasteiger partial charge in [-0.2, -0.15) is 5.21 Å². The number of carboxylic acid groups (broad SMARTS) is 1. The molecule has 1 atom stereocenters. The molecule has 1 fully saturated rings. The highest BCUT2D eigenvalue weighted by atomic mass is 16.6. The van der Waals surface area contributed by atoms with Crippen LogP contribution in [0.3, 0.4) is 0 Å². The van der Waals surface area contributed by atoms with Crippen molar-refractivity contribution in [2.45, 2.75) is 18.9 Å². The zero-order valence-corrected chi connectivity index (χ0v) is 8.16. The van der Waals surface area contributed by atoms with Gasteiger partial charge in [-0.3, -0.25) is 4.90 Å². The maximum absolute atomic E-state index is 11.5. The number of H-pyrrole nitrogens is 1. The van der Waals surface area contributed by atoms with Crippen LogP contribution in [0.4, 0.5) is 4.79 Å². The zero-order chi connectivity index (χ0) is 11.5. The first-order valence-corrected chi connectivity index (χ1v) is 4.63. The average molecular weight is 227 g/mol. The van der Waals surface area contributed by atoms with Crippen LogP contribution in [0.25, 0.3) is 0 Å². The quantitative estimate of drug-likeness (QED) is 0.681. The molecule has 1 aromatic rings. The maximum atomic E-state index is 11.5. The van der Waals surface area contributed by atoms with Crippen LogP contribution >= 0.6 is 0 Å². The maximum Gasteiger partial charge on any atom is 0.418 e. The van der Waals surface area contributed by atoms with Crippen molar-refractivity contribution < 1.29 is 19.4 Å². The third kappa shape index (κ3) is 1.92. The van der Waals surface area contributed by atoms with E-state index in [4.69, 9.17) is 9.84 Å². The molecule has 0 aliphatic carbocycles. The van der Waals surface area contributed by atoms with Gasteiger partial charge in [-0.15, -0.1) is 0 Å². The number of carbonyl (C=O) groups is 2. The molecule has 0 aromatic carbocycles. The van der Waals surface area contributed by atoms with Crippen LogP contribution in [-0.2, 0) is 4.79 Å². The van der Waals surface area contributed by atoms with Gasteiger partial charge in [0.25, 0.3) is 0 Å². The van der Waals surface area contributed by atoms with Crippen molar-refractivity contribution in [3.63, 3.8) is 0 Å². The van der Waals surface area contributed by atoms with Crippen LogP contribution in [0.2, 0.25) is 0 Å². The predicted octanol–water partition coefficient (Wildman–Crippen LogP) is -0.753. The van der Waals surface area contributed by atoms with Gasteiger partial charge in [0.2, 0.25) is 0 Å². The standard InChI is InChI=1S/C7H9N5O4/c13-5(14)4-2-1-3-12(4)7(15)16-6-8-10-11-9-6/h4H,1-3H2,(H,13,14)(H,8,9,10,11). The first kappa shape index (κ1) is 10.3. The molecular weight excluding hydrogens is 218 g/mol. The molecule has 9 nitrogen and oxygen atoms in total. The van der Waals surface area contributed by atoms with Crippen LogP contribution in [0.5, 0.6) is 6.01 Å².